The Labute approximate surface area is 176 Å². The van der Waals surface area contributed by atoms with Crippen LogP contribution in [0.2, 0.25) is 0 Å². The lowest BCUT2D eigenvalue weighted by Crippen LogP contribution is -2.42. The fourth-order valence-corrected chi connectivity index (χ4v) is 3.35. The summed E-state index contributed by atoms with van der Waals surface area (Å²) in [6.07, 6.45) is 1.24. The van der Waals surface area contributed by atoms with Crippen molar-refractivity contribution in [2.45, 2.75) is 26.8 Å². The summed E-state index contributed by atoms with van der Waals surface area (Å²) in [5.74, 6) is 1.72. The van der Waals surface area contributed by atoms with Crippen LogP contribution < -0.4 is 15.4 Å². The number of ether oxygens (including phenoxy) is 2. The maximum absolute atomic E-state index is 5.93. The van der Waals surface area contributed by atoms with E-state index >= 15 is 0 Å². The molecule has 2 N–H and O–H groups in total. The minimum Gasteiger partial charge on any atom is -0.491 e. The van der Waals surface area contributed by atoms with Crippen LogP contribution in [0.1, 0.15) is 24.5 Å². The highest BCUT2D eigenvalue weighted by molar-refractivity contribution is 5.79. The van der Waals surface area contributed by atoms with E-state index in [-0.39, 0.29) is 0 Å². The van der Waals surface area contributed by atoms with Crippen LogP contribution >= 0.6 is 0 Å². The SMILES string of the molecule is CCOCCOc1cc(C)ccc1CNC(=NC)NCCN1CCCN(C)CC1. The molecule has 1 saturated heterocycles. The van der Waals surface area contributed by atoms with Gasteiger partial charge in [-0.1, -0.05) is 12.1 Å². The van der Waals surface area contributed by atoms with E-state index in [2.05, 4.69) is 57.6 Å². The lowest BCUT2D eigenvalue weighted by atomic mass is 10.1. The van der Waals surface area contributed by atoms with Gasteiger partial charge < -0.3 is 29.9 Å². The second kappa shape index (κ2) is 13.4. The lowest BCUT2D eigenvalue weighted by Gasteiger charge is -2.21. The molecule has 1 fully saturated rings. The number of likely N-dealkylation sites (N-methyl/N-ethyl adjacent to an activating group) is 1. The van der Waals surface area contributed by atoms with E-state index in [4.69, 9.17) is 9.47 Å². The highest BCUT2D eigenvalue weighted by atomic mass is 16.5. The molecule has 2 rings (SSSR count). The third-order valence-electron chi connectivity index (χ3n) is 5.11. The number of nitrogens with one attached hydrogen (secondary N) is 2. The van der Waals surface area contributed by atoms with E-state index in [9.17, 15) is 0 Å². The van der Waals surface area contributed by atoms with E-state index in [1.807, 2.05) is 14.0 Å². The Morgan fingerprint density at radius 1 is 1.14 bits per heavy atom. The van der Waals surface area contributed by atoms with Crippen LogP contribution in [0.4, 0.5) is 0 Å². The highest BCUT2D eigenvalue weighted by Crippen LogP contribution is 2.20. The largest absolute Gasteiger partial charge is 0.491 e. The maximum Gasteiger partial charge on any atom is 0.191 e. The summed E-state index contributed by atoms with van der Waals surface area (Å²) in [7, 11) is 4.01. The predicted octanol–water partition coefficient (Wildman–Crippen LogP) is 1.71. The van der Waals surface area contributed by atoms with E-state index in [1.54, 1.807) is 0 Å². The van der Waals surface area contributed by atoms with Crippen LogP contribution in [0.3, 0.4) is 0 Å². The molecule has 7 heteroatoms. The van der Waals surface area contributed by atoms with Gasteiger partial charge in [-0.25, -0.2) is 0 Å². The first-order valence-corrected chi connectivity index (χ1v) is 10.8. The molecule has 1 aliphatic rings. The number of hydrogen-bond acceptors (Lipinski definition) is 5. The molecule has 0 atom stereocenters. The average molecular weight is 406 g/mol. The highest BCUT2D eigenvalue weighted by Gasteiger charge is 2.12. The Balaban J connectivity index is 1.78. The van der Waals surface area contributed by atoms with E-state index in [1.165, 1.54) is 25.1 Å². The Morgan fingerprint density at radius 2 is 2.00 bits per heavy atom. The molecule has 0 bridgehead atoms. The standard InChI is InChI=1S/C22H39N5O2/c1-5-28-15-16-29-21-17-19(2)7-8-20(21)18-25-22(23-3)24-9-12-27-11-6-10-26(4)13-14-27/h7-8,17H,5-6,9-16,18H2,1-4H3,(H2,23,24,25). The van der Waals surface area contributed by atoms with Gasteiger partial charge in [0, 0.05) is 51.9 Å². The topological polar surface area (TPSA) is 61.4 Å². The van der Waals surface area contributed by atoms with Gasteiger partial charge in [0.1, 0.15) is 12.4 Å². The van der Waals surface area contributed by atoms with Gasteiger partial charge in [-0.2, -0.15) is 0 Å². The molecular formula is C22H39N5O2. The third kappa shape index (κ3) is 9.02. The van der Waals surface area contributed by atoms with Crippen molar-refractivity contribution in [3.8, 4) is 5.75 Å². The fraction of sp³-hybridized carbons (Fsp3) is 0.682. The van der Waals surface area contributed by atoms with Gasteiger partial charge in [0.15, 0.2) is 5.96 Å². The summed E-state index contributed by atoms with van der Waals surface area (Å²) in [5.41, 5.74) is 2.30. The van der Waals surface area contributed by atoms with Crippen molar-refractivity contribution in [3.63, 3.8) is 0 Å². The molecule has 164 valence electrons. The lowest BCUT2D eigenvalue weighted by molar-refractivity contribution is 0.110. The quantitative estimate of drug-likeness (QED) is 0.351. The molecule has 1 aromatic rings. The van der Waals surface area contributed by atoms with E-state index in [0.29, 0.717) is 26.4 Å². The monoisotopic (exact) mass is 405 g/mol. The number of aryl methyl sites for hydroxylation is 1. The number of hydrogen-bond donors (Lipinski definition) is 2. The first-order valence-electron chi connectivity index (χ1n) is 10.8. The van der Waals surface area contributed by atoms with Gasteiger partial charge in [0.05, 0.1) is 6.61 Å². The van der Waals surface area contributed by atoms with E-state index < -0.39 is 0 Å². The number of aliphatic imine (C=N–C) groups is 1. The van der Waals surface area contributed by atoms with Crippen molar-refractivity contribution in [3.05, 3.63) is 29.3 Å². The minimum absolute atomic E-state index is 0.558. The number of guanidine groups is 1. The summed E-state index contributed by atoms with van der Waals surface area (Å²) in [4.78, 5) is 9.29. The van der Waals surface area contributed by atoms with Gasteiger partial charge in [0.25, 0.3) is 0 Å². The van der Waals surface area contributed by atoms with Gasteiger partial charge >= 0.3 is 0 Å². The molecule has 0 radical (unpaired) electrons. The minimum atomic E-state index is 0.558. The van der Waals surface area contributed by atoms with Crippen LogP contribution in [0, 0.1) is 6.92 Å². The summed E-state index contributed by atoms with van der Waals surface area (Å²) in [6.45, 7) is 13.2. The van der Waals surface area contributed by atoms with Crippen molar-refractivity contribution < 1.29 is 9.47 Å². The zero-order valence-electron chi connectivity index (χ0n) is 18.7. The molecule has 0 aromatic heterocycles. The summed E-state index contributed by atoms with van der Waals surface area (Å²) < 4.78 is 11.3. The average Bonchev–Trinajstić information content (AvgIpc) is 2.93. The number of rotatable bonds is 10. The third-order valence-corrected chi connectivity index (χ3v) is 5.11. The molecular weight excluding hydrogens is 366 g/mol. The summed E-state index contributed by atoms with van der Waals surface area (Å²) in [6, 6.07) is 6.30. The zero-order chi connectivity index (χ0) is 20.9. The molecule has 0 saturated carbocycles. The smallest absolute Gasteiger partial charge is 0.191 e. The van der Waals surface area contributed by atoms with Gasteiger partial charge in [-0.05, 0) is 52.0 Å². The fourth-order valence-electron chi connectivity index (χ4n) is 3.35. The van der Waals surface area contributed by atoms with Gasteiger partial charge in [0.2, 0.25) is 0 Å². The Morgan fingerprint density at radius 3 is 2.79 bits per heavy atom. The summed E-state index contributed by atoms with van der Waals surface area (Å²) in [5, 5.41) is 6.84. The van der Waals surface area contributed by atoms with Crippen molar-refractivity contribution in [2.24, 2.45) is 4.99 Å². The predicted molar refractivity (Wildman–Crippen MR) is 120 cm³/mol. The zero-order valence-corrected chi connectivity index (χ0v) is 18.7. The second-order valence-electron chi connectivity index (χ2n) is 7.51. The Kier molecular flexibility index (Phi) is 10.8. The van der Waals surface area contributed by atoms with Crippen molar-refractivity contribution in [2.75, 3.05) is 73.2 Å². The molecule has 1 heterocycles. The van der Waals surface area contributed by atoms with E-state index in [0.717, 1.165) is 43.5 Å². The van der Waals surface area contributed by atoms with Crippen LogP contribution in [0.5, 0.6) is 5.75 Å². The van der Waals surface area contributed by atoms with Crippen LogP contribution in [0.15, 0.2) is 23.2 Å². The van der Waals surface area contributed by atoms with Gasteiger partial charge in [-0.15, -0.1) is 0 Å². The molecule has 7 nitrogen and oxygen atoms in total. The molecule has 0 unspecified atom stereocenters. The molecule has 1 aliphatic heterocycles. The maximum atomic E-state index is 5.93. The molecule has 0 aliphatic carbocycles. The molecule has 29 heavy (non-hydrogen) atoms. The van der Waals surface area contributed by atoms with Crippen molar-refractivity contribution in [1.29, 1.82) is 0 Å². The number of nitrogens with zero attached hydrogens (tertiary/aromatic N) is 3. The first-order chi connectivity index (χ1) is 14.1. The first kappa shape index (κ1) is 23.4. The number of benzene rings is 1. The van der Waals surface area contributed by atoms with Gasteiger partial charge in [-0.3, -0.25) is 4.99 Å². The summed E-state index contributed by atoms with van der Waals surface area (Å²) >= 11 is 0. The van der Waals surface area contributed by atoms with Crippen molar-refractivity contribution >= 4 is 5.96 Å². The van der Waals surface area contributed by atoms with Crippen LogP contribution in [-0.2, 0) is 11.3 Å². The molecule has 1 aromatic carbocycles. The Bertz CT molecular complexity index is 623. The second-order valence-corrected chi connectivity index (χ2v) is 7.51. The van der Waals surface area contributed by atoms with Crippen molar-refractivity contribution in [1.82, 2.24) is 20.4 Å². The normalized spacial score (nSPS) is 16.5. The molecule has 0 amide bonds. The van der Waals surface area contributed by atoms with Crippen LogP contribution in [0.25, 0.3) is 0 Å². The Hall–Kier alpha value is -1.83. The van der Waals surface area contributed by atoms with Crippen LogP contribution in [-0.4, -0.2) is 88.9 Å². The molecule has 0 spiro atoms.